The Morgan fingerprint density at radius 1 is 1.28 bits per heavy atom. The second kappa shape index (κ2) is 4.19. The Kier molecular flexibility index (Phi) is 2.88. The molecule has 0 aromatic carbocycles. The molecule has 4 heteroatoms. The molecule has 100 valence electrons. The number of piperidine rings is 1. The second-order valence-corrected chi connectivity index (χ2v) is 6.97. The highest BCUT2D eigenvalue weighted by molar-refractivity contribution is 7.80. The van der Waals surface area contributed by atoms with Gasteiger partial charge in [-0.25, -0.2) is 0 Å². The summed E-state index contributed by atoms with van der Waals surface area (Å²) in [6, 6.07) is 0. The van der Waals surface area contributed by atoms with Crippen molar-refractivity contribution in [2.45, 2.75) is 39.0 Å². The van der Waals surface area contributed by atoms with Crippen molar-refractivity contribution >= 4 is 23.1 Å². The van der Waals surface area contributed by atoms with E-state index in [2.05, 4.69) is 11.8 Å². The second-order valence-electron chi connectivity index (χ2n) is 6.53. The molecule has 0 aromatic rings. The molecular weight excluding hydrogens is 244 g/mol. The summed E-state index contributed by atoms with van der Waals surface area (Å²) in [6.45, 7) is 3.80. The van der Waals surface area contributed by atoms with Gasteiger partial charge < -0.3 is 10.6 Å². The summed E-state index contributed by atoms with van der Waals surface area (Å²) in [6.07, 6.45) is 5.74. The van der Waals surface area contributed by atoms with Gasteiger partial charge in [-0.1, -0.05) is 25.6 Å². The van der Waals surface area contributed by atoms with E-state index >= 15 is 0 Å². The minimum Gasteiger partial charge on any atom is -0.393 e. The van der Waals surface area contributed by atoms with Crippen LogP contribution in [0.5, 0.6) is 0 Å². The van der Waals surface area contributed by atoms with Gasteiger partial charge in [0.25, 0.3) is 0 Å². The molecule has 2 saturated carbocycles. The quantitative estimate of drug-likeness (QED) is 0.777. The van der Waals surface area contributed by atoms with Crippen molar-refractivity contribution < 1.29 is 4.79 Å². The molecule has 2 unspecified atom stereocenters. The summed E-state index contributed by atoms with van der Waals surface area (Å²) < 4.78 is 0. The van der Waals surface area contributed by atoms with Gasteiger partial charge in [-0.3, -0.25) is 4.79 Å². The van der Waals surface area contributed by atoms with Crippen molar-refractivity contribution in [1.29, 1.82) is 0 Å². The number of carbonyl (C=O) groups excluding carboxylic acids is 1. The predicted octanol–water partition coefficient (Wildman–Crippen LogP) is 1.95. The zero-order chi connectivity index (χ0) is 12.9. The number of nitrogens with two attached hydrogens (primary N) is 1. The normalized spacial score (nSPS) is 37.2. The standard InChI is InChI=1S/C14H22N2OS/c1-14(13(15)18)5-7-16(8-6-14)12(17)11-9-3-2-4-10(9)11/h9-11H,2-8H2,1H3,(H2,15,18). The highest BCUT2D eigenvalue weighted by atomic mass is 32.1. The first-order valence-corrected chi connectivity index (χ1v) is 7.52. The van der Waals surface area contributed by atoms with Crippen molar-refractivity contribution in [2.75, 3.05) is 13.1 Å². The maximum Gasteiger partial charge on any atom is 0.226 e. The highest BCUT2D eigenvalue weighted by Crippen LogP contribution is 2.58. The number of hydrogen-bond donors (Lipinski definition) is 1. The van der Waals surface area contributed by atoms with Crippen LogP contribution in [0.1, 0.15) is 39.0 Å². The summed E-state index contributed by atoms with van der Waals surface area (Å²) in [7, 11) is 0. The number of rotatable bonds is 2. The Labute approximate surface area is 114 Å². The topological polar surface area (TPSA) is 46.3 Å². The maximum atomic E-state index is 12.4. The summed E-state index contributed by atoms with van der Waals surface area (Å²) in [4.78, 5) is 15.1. The first kappa shape index (κ1) is 12.4. The third-order valence-corrected chi connectivity index (χ3v) is 5.96. The molecule has 2 N–H and O–H groups in total. The number of carbonyl (C=O) groups is 1. The van der Waals surface area contributed by atoms with Crippen LogP contribution >= 0.6 is 12.2 Å². The van der Waals surface area contributed by atoms with E-state index in [0.29, 0.717) is 16.8 Å². The molecular formula is C14H22N2OS. The molecule has 0 aromatic heterocycles. The third-order valence-electron chi connectivity index (χ3n) is 5.47. The minimum absolute atomic E-state index is 0.0362. The van der Waals surface area contributed by atoms with Crippen LogP contribution < -0.4 is 5.73 Å². The summed E-state index contributed by atoms with van der Waals surface area (Å²) >= 11 is 5.14. The van der Waals surface area contributed by atoms with Crippen molar-refractivity contribution in [3.05, 3.63) is 0 Å². The lowest BCUT2D eigenvalue weighted by Gasteiger charge is -2.39. The van der Waals surface area contributed by atoms with E-state index in [1.54, 1.807) is 0 Å². The van der Waals surface area contributed by atoms with Crippen LogP contribution in [0, 0.1) is 23.2 Å². The number of likely N-dealkylation sites (tertiary alicyclic amines) is 1. The number of nitrogens with zero attached hydrogens (tertiary/aromatic N) is 1. The molecule has 1 saturated heterocycles. The molecule has 3 fully saturated rings. The summed E-state index contributed by atoms with van der Waals surface area (Å²) in [5.41, 5.74) is 5.76. The van der Waals surface area contributed by atoms with Gasteiger partial charge in [0.1, 0.15) is 0 Å². The Bertz CT molecular complexity index is 377. The molecule has 18 heavy (non-hydrogen) atoms. The van der Waals surface area contributed by atoms with Crippen LogP contribution in [0.3, 0.4) is 0 Å². The lowest BCUT2D eigenvalue weighted by Crippen LogP contribution is -2.47. The number of hydrogen-bond acceptors (Lipinski definition) is 2. The molecule has 0 radical (unpaired) electrons. The average Bonchev–Trinajstić information content (AvgIpc) is 2.82. The van der Waals surface area contributed by atoms with Gasteiger partial charge in [-0.05, 0) is 37.5 Å². The predicted molar refractivity (Wildman–Crippen MR) is 75.0 cm³/mol. The fourth-order valence-corrected chi connectivity index (χ4v) is 4.07. The zero-order valence-electron chi connectivity index (χ0n) is 11.0. The molecule has 2 aliphatic carbocycles. The molecule has 1 amide bonds. The van der Waals surface area contributed by atoms with Crippen LogP contribution in [-0.4, -0.2) is 28.9 Å². The van der Waals surface area contributed by atoms with Crippen LogP contribution in [0.4, 0.5) is 0 Å². The van der Waals surface area contributed by atoms with Gasteiger partial charge in [0.05, 0.1) is 4.99 Å². The van der Waals surface area contributed by atoms with E-state index in [1.165, 1.54) is 19.3 Å². The lowest BCUT2D eigenvalue weighted by atomic mass is 9.80. The van der Waals surface area contributed by atoms with E-state index in [9.17, 15) is 4.79 Å². The fraction of sp³-hybridized carbons (Fsp3) is 0.857. The van der Waals surface area contributed by atoms with E-state index in [-0.39, 0.29) is 5.41 Å². The first-order chi connectivity index (χ1) is 8.53. The average molecular weight is 266 g/mol. The van der Waals surface area contributed by atoms with Gasteiger partial charge in [0, 0.05) is 24.4 Å². The monoisotopic (exact) mass is 266 g/mol. The van der Waals surface area contributed by atoms with E-state index < -0.39 is 0 Å². The molecule has 3 aliphatic rings. The summed E-state index contributed by atoms with van der Waals surface area (Å²) in [5.74, 6) is 2.23. The Hall–Kier alpha value is -0.640. The minimum atomic E-state index is -0.0362. The van der Waals surface area contributed by atoms with Crippen molar-refractivity contribution in [3.8, 4) is 0 Å². The van der Waals surface area contributed by atoms with Crippen LogP contribution in [-0.2, 0) is 4.79 Å². The van der Waals surface area contributed by atoms with Gasteiger partial charge in [-0.2, -0.15) is 0 Å². The van der Waals surface area contributed by atoms with Crippen LogP contribution in [0.25, 0.3) is 0 Å². The number of fused-ring (bicyclic) bond motifs is 1. The first-order valence-electron chi connectivity index (χ1n) is 7.12. The third kappa shape index (κ3) is 1.85. The molecule has 1 heterocycles. The Balaban J connectivity index is 1.57. The Morgan fingerprint density at radius 2 is 1.83 bits per heavy atom. The highest BCUT2D eigenvalue weighted by Gasteiger charge is 2.57. The molecule has 0 spiro atoms. The van der Waals surface area contributed by atoms with Gasteiger partial charge in [-0.15, -0.1) is 0 Å². The fourth-order valence-electron chi connectivity index (χ4n) is 3.87. The molecule has 3 nitrogen and oxygen atoms in total. The SMILES string of the molecule is CC1(C(N)=S)CCN(C(=O)C2C3CCCC32)CC1. The number of amides is 1. The van der Waals surface area contributed by atoms with Gasteiger partial charge >= 0.3 is 0 Å². The van der Waals surface area contributed by atoms with Crippen LogP contribution in [0.15, 0.2) is 0 Å². The zero-order valence-corrected chi connectivity index (χ0v) is 11.8. The lowest BCUT2D eigenvalue weighted by molar-refractivity contribution is -0.135. The van der Waals surface area contributed by atoms with Crippen LogP contribution in [0.2, 0.25) is 0 Å². The molecule has 3 rings (SSSR count). The molecule has 0 bridgehead atoms. The van der Waals surface area contributed by atoms with Gasteiger partial charge in [0.15, 0.2) is 0 Å². The molecule has 1 aliphatic heterocycles. The van der Waals surface area contributed by atoms with Gasteiger partial charge in [0.2, 0.25) is 5.91 Å². The maximum absolute atomic E-state index is 12.4. The van der Waals surface area contributed by atoms with Crippen molar-refractivity contribution in [3.63, 3.8) is 0 Å². The smallest absolute Gasteiger partial charge is 0.226 e. The Morgan fingerprint density at radius 3 is 2.33 bits per heavy atom. The van der Waals surface area contributed by atoms with E-state index in [4.69, 9.17) is 18.0 Å². The van der Waals surface area contributed by atoms with Crippen molar-refractivity contribution in [1.82, 2.24) is 4.90 Å². The summed E-state index contributed by atoms with van der Waals surface area (Å²) in [5, 5.41) is 0. The number of thiocarbonyl (C=S) groups is 1. The van der Waals surface area contributed by atoms with E-state index in [0.717, 1.165) is 37.8 Å². The van der Waals surface area contributed by atoms with Crippen molar-refractivity contribution in [2.24, 2.45) is 28.9 Å². The molecule has 2 atom stereocenters. The largest absolute Gasteiger partial charge is 0.393 e. The van der Waals surface area contributed by atoms with E-state index in [1.807, 2.05) is 0 Å².